The molecule has 4 nitrogen and oxygen atoms in total. The standard InChI is InChI=1S/C11H20N2O2S/c1-8(16(4)14)5-6-12-7-11-9(2)13-15-10(11)3/h8,12H,5-7H2,1-4H3. The number of hydrogen-bond donors (Lipinski definition) is 1. The first-order chi connectivity index (χ1) is 7.52. The van der Waals surface area contributed by atoms with E-state index in [0.29, 0.717) is 0 Å². The summed E-state index contributed by atoms with van der Waals surface area (Å²) >= 11 is 0. The predicted octanol–water partition coefficient (Wildman–Crippen LogP) is 1.54. The molecule has 1 aromatic rings. The first-order valence-corrected chi connectivity index (χ1v) is 7.09. The minimum Gasteiger partial charge on any atom is -0.361 e. The van der Waals surface area contributed by atoms with Gasteiger partial charge in [0, 0.05) is 34.4 Å². The molecule has 0 spiro atoms. The second kappa shape index (κ2) is 6.15. The topological polar surface area (TPSA) is 55.1 Å². The van der Waals surface area contributed by atoms with Gasteiger partial charge in [-0.3, -0.25) is 4.21 Å². The molecule has 0 aromatic carbocycles. The Balaban J connectivity index is 2.29. The van der Waals surface area contributed by atoms with Gasteiger partial charge in [0.1, 0.15) is 5.76 Å². The van der Waals surface area contributed by atoms with Gasteiger partial charge in [-0.25, -0.2) is 0 Å². The van der Waals surface area contributed by atoms with Crippen LogP contribution < -0.4 is 5.32 Å². The molecule has 0 saturated heterocycles. The highest BCUT2D eigenvalue weighted by molar-refractivity contribution is 7.84. The van der Waals surface area contributed by atoms with Gasteiger partial charge in [-0.1, -0.05) is 12.1 Å². The molecule has 0 amide bonds. The average Bonchev–Trinajstić information content (AvgIpc) is 2.54. The summed E-state index contributed by atoms with van der Waals surface area (Å²) in [6.45, 7) is 7.50. The Labute approximate surface area is 99.2 Å². The lowest BCUT2D eigenvalue weighted by atomic mass is 10.2. The fourth-order valence-electron chi connectivity index (χ4n) is 1.44. The Hall–Kier alpha value is -0.680. The molecule has 0 aliphatic rings. The van der Waals surface area contributed by atoms with Crippen molar-refractivity contribution in [2.24, 2.45) is 0 Å². The fourth-order valence-corrected chi connectivity index (χ4v) is 1.89. The molecule has 92 valence electrons. The van der Waals surface area contributed by atoms with Gasteiger partial charge in [-0.05, 0) is 26.8 Å². The largest absolute Gasteiger partial charge is 0.361 e. The van der Waals surface area contributed by atoms with E-state index in [2.05, 4.69) is 10.5 Å². The monoisotopic (exact) mass is 244 g/mol. The van der Waals surface area contributed by atoms with E-state index in [0.717, 1.165) is 36.5 Å². The van der Waals surface area contributed by atoms with E-state index in [1.54, 1.807) is 6.26 Å². The van der Waals surface area contributed by atoms with Crippen molar-refractivity contribution >= 4 is 10.8 Å². The lowest BCUT2D eigenvalue weighted by Gasteiger charge is -2.08. The van der Waals surface area contributed by atoms with Crippen molar-refractivity contribution in [1.29, 1.82) is 0 Å². The number of nitrogens with zero attached hydrogens (tertiary/aromatic N) is 1. The highest BCUT2D eigenvalue weighted by atomic mass is 32.2. The molecule has 0 saturated carbocycles. The molecule has 0 bridgehead atoms. The third-order valence-corrected chi connectivity index (χ3v) is 4.15. The Morgan fingerprint density at radius 2 is 2.19 bits per heavy atom. The lowest BCUT2D eigenvalue weighted by molar-refractivity contribution is 0.392. The van der Waals surface area contributed by atoms with Crippen LogP contribution in [0, 0.1) is 13.8 Å². The van der Waals surface area contributed by atoms with Crippen LogP contribution in [0.2, 0.25) is 0 Å². The lowest BCUT2D eigenvalue weighted by Crippen LogP contribution is -2.21. The van der Waals surface area contributed by atoms with Gasteiger partial charge in [0.15, 0.2) is 0 Å². The molecule has 2 atom stereocenters. The zero-order chi connectivity index (χ0) is 12.1. The Kier molecular flexibility index (Phi) is 5.15. The molecule has 0 radical (unpaired) electrons. The summed E-state index contributed by atoms with van der Waals surface area (Å²) in [6, 6.07) is 0. The quantitative estimate of drug-likeness (QED) is 0.771. The van der Waals surface area contributed by atoms with E-state index in [9.17, 15) is 4.21 Å². The number of nitrogens with one attached hydrogen (secondary N) is 1. The van der Waals surface area contributed by atoms with E-state index in [4.69, 9.17) is 4.52 Å². The highest BCUT2D eigenvalue weighted by Gasteiger charge is 2.09. The zero-order valence-electron chi connectivity index (χ0n) is 10.4. The highest BCUT2D eigenvalue weighted by Crippen LogP contribution is 2.11. The van der Waals surface area contributed by atoms with Crippen LogP contribution in [0.1, 0.15) is 30.4 Å². The molecule has 1 heterocycles. The van der Waals surface area contributed by atoms with E-state index >= 15 is 0 Å². The van der Waals surface area contributed by atoms with Gasteiger partial charge in [-0.15, -0.1) is 0 Å². The van der Waals surface area contributed by atoms with Crippen LogP contribution in [0.5, 0.6) is 0 Å². The SMILES string of the molecule is Cc1noc(C)c1CNCCC(C)S(C)=O. The molecular weight excluding hydrogens is 224 g/mol. The Bertz CT molecular complexity index is 343. The van der Waals surface area contributed by atoms with Crippen molar-refractivity contribution in [2.45, 2.75) is 39.0 Å². The normalized spacial score (nSPS) is 15.0. The van der Waals surface area contributed by atoms with E-state index < -0.39 is 10.8 Å². The molecule has 0 aliphatic carbocycles. The maximum atomic E-state index is 11.1. The molecule has 5 heteroatoms. The second-order valence-electron chi connectivity index (χ2n) is 4.08. The summed E-state index contributed by atoms with van der Waals surface area (Å²) in [5.74, 6) is 0.872. The fraction of sp³-hybridized carbons (Fsp3) is 0.727. The van der Waals surface area contributed by atoms with Gasteiger partial charge >= 0.3 is 0 Å². The molecule has 1 aromatic heterocycles. The zero-order valence-corrected chi connectivity index (χ0v) is 11.2. The van der Waals surface area contributed by atoms with Gasteiger partial charge < -0.3 is 9.84 Å². The van der Waals surface area contributed by atoms with E-state index in [1.165, 1.54) is 0 Å². The molecular formula is C11H20N2O2S. The smallest absolute Gasteiger partial charge is 0.138 e. The number of rotatable bonds is 6. The summed E-state index contributed by atoms with van der Waals surface area (Å²) < 4.78 is 16.2. The van der Waals surface area contributed by atoms with Crippen molar-refractivity contribution in [1.82, 2.24) is 10.5 Å². The minimum atomic E-state index is -0.730. The summed E-state index contributed by atoms with van der Waals surface area (Å²) in [5.41, 5.74) is 2.07. The summed E-state index contributed by atoms with van der Waals surface area (Å²) in [7, 11) is -0.730. The van der Waals surface area contributed by atoms with Crippen LogP contribution in [0.3, 0.4) is 0 Å². The van der Waals surface area contributed by atoms with Crippen molar-refractivity contribution < 1.29 is 8.73 Å². The van der Waals surface area contributed by atoms with Gasteiger partial charge in [0.25, 0.3) is 0 Å². The van der Waals surface area contributed by atoms with Gasteiger partial charge in [-0.2, -0.15) is 0 Å². The first-order valence-electron chi connectivity index (χ1n) is 5.47. The number of aromatic nitrogens is 1. The number of aryl methyl sites for hydroxylation is 2. The molecule has 0 fully saturated rings. The maximum Gasteiger partial charge on any atom is 0.138 e. The molecule has 2 unspecified atom stereocenters. The summed E-state index contributed by atoms with van der Waals surface area (Å²) in [6.07, 6.45) is 2.67. The number of hydrogen-bond acceptors (Lipinski definition) is 4. The minimum absolute atomic E-state index is 0.247. The third-order valence-electron chi connectivity index (χ3n) is 2.78. The summed E-state index contributed by atoms with van der Waals surface area (Å²) in [4.78, 5) is 0. The van der Waals surface area contributed by atoms with Crippen LogP contribution in [0.15, 0.2) is 4.52 Å². The van der Waals surface area contributed by atoms with Crippen molar-refractivity contribution in [2.75, 3.05) is 12.8 Å². The Morgan fingerprint density at radius 3 is 2.69 bits per heavy atom. The van der Waals surface area contributed by atoms with Gasteiger partial charge in [0.2, 0.25) is 0 Å². The Morgan fingerprint density at radius 1 is 1.50 bits per heavy atom. The third kappa shape index (κ3) is 3.72. The van der Waals surface area contributed by atoms with Crippen LogP contribution in [-0.2, 0) is 17.3 Å². The maximum absolute atomic E-state index is 11.1. The summed E-state index contributed by atoms with van der Waals surface area (Å²) in [5, 5.41) is 7.46. The molecule has 1 rings (SSSR count). The van der Waals surface area contributed by atoms with Crippen LogP contribution in [0.4, 0.5) is 0 Å². The van der Waals surface area contributed by atoms with Crippen LogP contribution in [0.25, 0.3) is 0 Å². The van der Waals surface area contributed by atoms with Gasteiger partial charge in [0.05, 0.1) is 5.69 Å². The van der Waals surface area contributed by atoms with Crippen molar-refractivity contribution in [3.05, 3.63) is 17.0 Å². The van der Waals surface area contributed by atoms with Crippen LogP contribution in [-0.4, -0.2) is 27.4 Å². The first kappa shape index (κ1) is 13.4. The average molecular weight is 244 g/mol. The van der Waals surface area contributed by atoms with E-state index in [-0.39, 0.29) is 5.25 Å². The molecule has 1 N–H and O–H groups in total. The van der Waals surface area contributed by atoms with E-state index in [1.807, 2.05) is 20.8 Å². The van der Waals surface area contributed by atoms with Crippen molar-refractivity contribution in [3.63, 3.8) is 0 Å². The van der Waals surface area contributed by atoms with Crippen molar-refractivity contribution in [3.8, 4) is 0 Å². The van der Waals surface area contributed by atoms with Crippen LogP contribution >= 0.6 is 0 Å². The predicted molar refractivity (Wildman–Crippen MR) is 65.8 cm³/mol. The second-order valence-corrected chi connectivity index (χ2v) is 5.88. The molecule has 0 aliphatic heterocycles. The molecule has 16 heavy (non-hydrogen) atoms.